The van der Waals surface area contributed by atoms with Crippen LogP contribution < -0.4 is 5.32 Å². The van der Waals surface area contributed by atoms with Gasteiger partial charge in [-0.25, -0.2) is 0 Å². The van der Waals surface area contributed by atoms with E-state index in [0.717, 1.165) is 24.0 Å². The van der Waals surface area contributed by atoms with Crippen LogP contribution >= 0.6 is 27.5 Å². The zero-order valence-electron chi connectivity index (χ0n) is 11.0. The second kappa shape index (κ2) is 6.73. The summed E-state index contributed by atoms with van der Waals surface area (Å²) in [4.78, 5) is 14.5. The maximum Gasteiger partial charge on any atom is 0.252 e. The Hall–Kier alpha value is -0.580. The number of rotatable bonds is 4. The highest BCUT2D eigenvalue weighted by atomic mass is 79.9. The van der Waals surface area contributed by atoms with E-state index in [4.69, 9.17) is 11.6 Å². The molecule has 1 saturated heterocycles. The summed E-state index contributed by atoms with van der Waals surface area (Å²) in [6, 6.07) is 5.77. The molecule has 1 heterocycles. The molecule has 2 rings (SSSR count). The molecule has 0 aromatic heterocycles. The molecule has 1 aromatic rings. The summed E-state index contributed by atoms with van der Waals surface area (Å²) in [6.07, 6.45) is 2.37. The third-order valence-corrected chi connectivity index (χ3v) is 4.40. The average Bonchev–Trinajstić information content (AvgIpc) is 2.86. The number of amides is 1. The molecule has 19 heavy (non-hydrogen) atoms. The van der Waals surface area contributed by atoms with Crippen LogP contribution in [0.1, 0.15) is 30.1 Å². The minimum atomic E-state index is -0.103. The van der Waals surface area contributed by atoms with Crippen molar-refractivity contribution in [3.63, 3.8) is 0 Å². The van der Waals surface area contributed by atoms with Gasteiger partial charge in [-0.3, -0.25) is 9.69 Å². The van der Waals surface area contributed by atoms with Gasteiger partial charge in [-0.1, -0.05) is 34.5 Å². The summed E-state index contributed by atoms with van der Waals surface area (Å²) in [5.74, 6) is -0.103. The summed E-state index contributed by atoms with van der Waals surface area (Å²) in [6.45, 7) is 5.02. The van der Waals surface area contributed by atoms with E-state index in [2.05, 4.69) is 33.1 Å². The quantitative estimate of drug-likeness (QED) is 0.908. The van der Waals surface area contributed by atoms with Crippen molar-refractivity contribution in [2.75, 3.05) is 19.6 Å². The lowest BCUT2D eigenvalue weighted by Crippen LogP contribution is -2.40. The molecule has 0 radical (unpaired) electrons. The molecule has 1 fully saturated rings. The van der Waals surface area contributed by atoms with Gasteiger partial charge in [0.1, 0.15) is 0 Å². The van der Waals surface area contributed by atoms with E-state index in [1.165, 1.54) is 6.42 Å². The van der Waals surface area contributed by atoms with Crippen LogP contribution in [0.3, 0.4) is 0 Å². The molecular weight excluding hydrogens is 328 g/mol. The fourth-order valence-electron chi connectivity index (χ4n) is 2.52. The number of nitrogens with one attached hydrogen (secondary N) is 1. The summed E-state index contributed by atoms with van der Waals surface area (Å²) in [5, 5.41) is 3.47. The minimum Gasteiger partial charge on any atom is -0.350 e. The van der Waals surface area contributed by atoms with Crippen molar-refractivity contribution in [2.24, 2.45) is 0 Å². The van der Waals surface area contributed by atoms with Crippen LogP contribution in [-0.4, -0.2) is 36.5 Å². The highest BCUT2D eigenvalue weighted by molar-refractivity contribution is 9.10. The molecule has 0 spiro atoms. The second-order valence-electron chi connectivity index (χ2n) is 4.76. The van der Waals surface area contributed by atoms with Gasteiger partial charge in [0.15, 0.2) is 0 Å². The Kier molecular flexibility index (Phi) is 5.25. The fraction of sp³-hybridized carbons (Fsp3) is 0.500. The summed E-state index contributed by atoms with van der Waals surface area (Å²) < 4.78 is 0.859. The molecule has 104 valence electrons. The molecule has 1 aromatic carbocycles. The SMILES string of the molecule is CCN1CCCC1CNC(=O)c1cc(Br)ccc1Cl. The third-order valence-electron chi connectivity index (χ3n) is 3.58. The Morgan fingerprint density at radius 1 is 1.58 bits per heavy atom. The van der Waals surface area contributed by atoms with Crippen molar-refractivity contribution in [3.8, 4) is 0 Å². The van der Waals surface area contributed by atoms with Crippen molar-refractivity contribution in [1.29, 1.82) is 0 Å². The molecule has 0 saturated carbocycles. The van der Waals surface area contributed by atoms with Crippen molar-refractivity contribution < 1.29 is 4.79 Å². The fourth-order valence-corrected chi connectivity index (χ4v) is 3.08. The summed E-state index contributed by atoms with van der Waals surface area (Å²) in [5.41, 5.74) is 0.525. The van der Waals surface area contributed by atoms with Crippen LogP contribution in [-0.2, 0) is 0 Å². The van der Waals surface area contributed by atoms with Gasteiger partial charge < -0.3 is 5.32 Å². The van der Waals surface area contributed by atoms with Gasteiger partial charge in [0.2, 0.25) is 0 Å². The standard InChI is InChI=1S/C14H18BrClN2O/c1-2-18-7-3-4-11(18)9-17-14(19)12-8-10(15)5-6-13(12)16/h5-6,8,11H,2-4,7,9H2,1H3,(H,17,19). The van der Waals surface area contributed by atoms with Gasteiger partial charge in [-0.15, -0.1) is 0 Å². The molecule has 1 N–H and O–H groups in total. The highest BCUT2D eigenvalue weighted by Gasteiger charge is 2.23. The first-order valence-electron chi connectivity index (χ1n) is 6.59. The van der Waals surface area contributed by atoms with Crippen LogP contribution in [0.15, 0.2) is 22.7 Å². The van der Waals surface area contributed by atoms with Gasteiger partial charge in [0.05, 0.1) is 10.6 Å². The van der Waals surface area contributed by atoms with Crippen molar-refractivity contribution >= 4 is 33.4 Å². The average molecular weight is 346 g/mol. The first-order valence-corrected chi connectivity index (χ1v) is 7.76. The molecule has 1 atom stereocenters. The first kappa shape index (κ1) is 14.8. The predicted molar refractivity (Wildman–Crippen MR) is 81.8 cm³/mol. The number of carbonyl (C=O) groups is 1. The van der Waals surface area contributed by atoms with Crippen LogP contribution in [0.4, 0.5) is 0 Å². The van der Waals surface area contributed by atoms with Crippen LogP contribution in [0.5, 0.6) is 0 Å². The number of carbonyl (C=O) groups excluding carboxylic acids is 1. The molecule has 3 nitrogen and oxygen atoms in total. The molecule has 0 aliphatic carbocycles. The monoisotopic (exact) mass is 344 g/mol. The predicted octanol–water partition coefficient (Wildman–Crippen LogP) is 3.32. The third kappa shape index (κ3) is 3.71. The van der Waals surface area contributed by atoms with Gasteiger partial charge in [0.25, 0.3) is 5.91 Å². The highest BCUT2D eigenvalue weighted by Crippen LogP contribution is 2.21. The lowest BCUT2D eigenvalue weighted by atomic mass is 10.2. The van der Waals surface area contributed by atoms with E-state index < -0.39 is 0 Å². The van der Waals surface area contributed by atoms with Crippen LogP contribution in [0, 0.1) is 0 Å². The topological polar surface area (TPSA) is 32.3 Å². The van der Waals surface area contributed by atoms with Crippen LogP contribution in [0.25, 0.3) is 0 Å². The number of halogens is 2. The molecule has 5 heteroatoms. The van der Waals surface area contributed by atoms with Gasteiger partial charge in [0, 0.05) is 17.1 Å². The van der Waals surface area contributed by atoms with Crippen molar-refractivity contribution in [3.05, 3.63) is 33.3 Å². The Morgan fingerprint density at radius 3 is 3.11 bits per heavy atom. The van der Waals surface area contributed by atoms with E-state index >= 15 is 0 Å². The molecule has 1 unspecified atom stereocenters. The van der Waals surface area contributed by atoms with E-state index in [9.17, 15) is 4.79 Å². The van der Waals surface area contributed by atoms with E-state index in [-0.39, 0.29) is 5.91 Å². The number of likely N-dealkylation sites (tertiary alicyclic amines) is 1. The first-order chi connectivity index (χ1) is 9.11. The summed E-state index contributed by atoms with van der Waals surface area (Å²) >= 11 is 9.41. The molecule has 1 aliphatic rings. The minimum absolute atomic E-state index is 0.103. The van der Waals surface area contributed by atoms with Crippen LogP contribution in [0.2, 0.25) is 5.02 Å². The number of hydrogen-bond donors (Lipinski definition) is 1. The second-order valence-corrected chi connectivity index (χ2v) is 6.08. The Balaban J connectivity index is 1.96. The van der Waals surface area contributed by atoms with Crippen molar-refractivity contribution in [1.82, 2.24) is 10.2 Å². The molecule has 1 amide bonds. The Morgan fingerprint density at radius 2 is 2.37 bits per heavy atom. The number of hydrogen-bond acceptors (Lipinski definition) is 2. The van der Waals surface area contributed by atoms with E-state index in [0.29, 0.717) is 23.2 Å². The lowest BCUT2D eigenvalue weighted by molar-refractivity contribution is 0.0941. The normalized spacial score (nSPS) is 19.6. The van der Waals surface area contributed by atoms with Gasteiger partial charge in [-0.05, 0) is 44.1 Å². The van der Waals surface area contributed by atoms with Gasteiger partial charge >= 0.3 is 0 Å². The van der Waals surface area contributed by atoms with Gasteiger partial charge in [-0.2, -0.15) is 0 Å². The smallest absolute Gasteiger partial charge is 0.252 e. The summed E-state index contributed by atoms with van der Waals surface area (Å²) in [7, 11) is 0. The number of likely N-dealkylation sites (N-methyl/N-ethyl adjacent to an activating group) is 1. The maximum atomic E-state index is 12.1. The van der Waals surface area contributed by atoms with Crippen molar-refractivity contribution in [2.45, 2.75) is 25.8 Å². The van der Waals surface area contributed by atoms with E-state index in [1.54, 1.807) is 12.1 Å². The Bertz CT molecular complexity index is 467. The zero-order chi connectivity index (χ0) is 13.8. The molecule has 0 bridgehead atoms. The molecule has 1 aliphatic heterocycles. The molecular formula is C14H18BrClN2O. The maximum absolute atomic E-state index is 12.1. The lowest BCUT2D eigenvalue weighted by Gasteiger charge is -2.23. The number of nitrogens with zero attached hydrogens (tertiary/aromatic N) is 1. The number of benzene rings is 1. The largest absolute Gasteiger partial charge is 0.350 e. The van der Waals surface area contributed by atoms with E-state index in [1.807, 2.05) is 6.07 Å². The zero-order valence-corrected chi connectivity index (χ0v) is 13.3. The Labute approximate surface area is 127 Å².